The summed E-state index contributed by atoms with van der Waals surface area (Å²) >= 11 is 13.8. The predicted molar refractivity (Wildman–Crippen MR) is 80.8 cm³/mol. The SMILES string of the molecule is Clc1cc(Cl)c(CN(Cc2ccsc2)C2CC2)cn1. The zero-order chi connectivity index (χ0) is 13.2. The first-order valence-corrected chi connectivity index (χ1v) is 7.97. The van der Waals surface area contributed by atoms with Gasteiger partial charge in [-0.3, -0.25) is 4.90 Å². The van der Waals surface area contributed by atoms with Crippen LogP contribution in [-0.4, -0.2) is 15.9 Å². The monoisotopic (exact) mass is 312 g/mol. The maximum atomic E-state index is 6.23. The number of hydrogen-bond acceptors (Lipinski definition) is 3. The van der Waals surface area contributed by atoms with Crippen LogP contribution in [0.1, 0.15) is 24.0 Å². The van der Waals surface area contributed by atoms with Gasteiger partial charge in [-0.2, -0.15) is 11.3 Å². The Morgan fingerprint density at radius 1 is 1.32 bits per heavy atom. The van der Waals surface area contributed by atoms with E-state index in [1.807, 2.05) is 0 Å². The van der Waals surface area contributed by atoms with Crippen LogP contribution in [0.15, 0.2) is 29.1 Å². The van der Waals surface area contributed by atoms with Crippen molar-refractivity contribution in [3.8, 4) is 0 Å². The van der Waals surface area contributed by atoms with Crippen molar-refractivity contribution in [2.24, 2.45) is 0 Å². The minimum absolute atomic E-state index is 0.449. The summed E-state index contributed by atoms with van der Waals surface area (Å²) in [6.07, 6.45) is 4.35. The minimum Gasteiger partial charge on any atom is -0.292 e. The fourth-order valence-corrected chi connectivity index (χ4v) is 3.23. The van der Waals surface area contributed by atoms with Crippen LogP contribution in [0.3, 0.4) is 0 Å². The highest BCUT2D eigenvalue weighted by Gasteiger charge is 2.29. The van der Waals surface area contributed by atoms with Gasteiger partial charge in [-0.25, -0.2) is 4.98 Å². The second-order valence-corrected chi connectivity index (χ2v) is 6.44. The molecule has 0 bridgehead atoms. The average Bonchev–Trinajstić information content (AvgIpc) is 3.10. The number of thiophene rings is 1. The van der Waals surface area contributed by atoms with Crippen LogP contribution in [0, 0.1) is 0 Å². The Bertz CT molecular complexity index is 553. The lowest BCUT2D eigenvalue weighted by Crippen LogP contribution is -2.25. The molecule has 2 aromatic heterocycles. The molecule has 2 heterocycles. The van der Waals surface area contributed by atoms with Crippen LogP contribution >= 0.6 is 34.5 Å². The molecule has 100 valence electrons. The normalized spacial score (nSPS) is 15.1. The molecule has 0 unspecified atom stereocenters. The Kier molecular flexibility index (Phi) is 4.08. The third-order valence-corrected chi connectivity index (χ3v) is 4.59. The fraction of sp³-hybridized carbons (Fsp3) is 0.357. The molecule has 0 saturated heterocycles. The summed E-state index contributed by atoms with van der Waals surface area (Å²) in [7, 11) is 0. The highest BCUT2D eigenvalue weighted by atomic mass is 35.5. The summed E-state index contributed by atoms with van der Waals surface area (Å²) in [6, 6.07) is 4.59. The van der Waals surface area contributed by atoms with E-state index >= 15 is 0 Å². The highest BCUT2D eigenvalue weighted by molar-refractivity contribution is 7.07. The molecule has 5 heteroatoms. The van der Waals surface area contributed by atoms with Gasteiger partial charge >= 0.3 is 0 Å². The van der Waals surface area contributed by atoms with Crippen molar-refractivity contribution in [1.82, 2.24) is 9.88 Å². The lowest BCUT2D eigenvalue weighted by Gasteiger charge is -2.22. The largest absolute Gasteiger partial charge is 0.292 e. The van der Waals surface area contributed by atoms with Gasteiger partial charge in [-0.1, -0.05) is 23.2 Å². The van der Waals surface area contributed by atoms with Crippen LogP contribution in [0.5, 0.6) is 0 Å². The summed E-state index contributed by atoms with van der Waals surface area (Å²) in [5.41, 5.74) is 2.42. The quantitative estimate of drug-likeness (QED) is 0.749. The van der Waals surface area contributed by atoms with E-state index in [9.17, 15) is 0 Å². The van der Waals surface area contributed by atoms with Crippen LogP contribution in [0.4, 0.5) is 0 Å². The van der Waals surface area contributed by atoms with Crippen LogP contribution in [0.2, 0.25) is 10.2 Å². The lowest BCUT2D eigenvalue weighted by atomic mass is 10.2. The molecule has 0 atom stereocenters. The van der Waals surface area contributed by atoms with Crippen molar-refractivity contribution in [2.75, 3.05) is 0 Å². The van der Waals surface area contributed by atoms with Gasteiger partial charge in [0.25, 0.3) is 0 Å². The molecule has 0 aromatic carbocycles. The second kappa shape index (κ2) is 5.80. The molecule has 2 aromatic rings. The first-order chi connectivity index (χ1) is 9.22. The van der Waals surface area contributed by atoms with Crippen molar-refractivity contribution in [3.63, 3.8) is 0 Å². The van der Waals surface area contributed by atoms with Gasteiger partial charge in [0.05, 0.1) is 0 Å². The highest BCUT2D eigenvalue weighted by Crippen LogP contribution is 2.31. The third-order valence-electron chi connectivity index (χ3n) is 3.30. The molecule has 0 radical (unpaired) electrons. The molecule has 1 saturated carbocycles. The third kappa shape index (κ3) is 3.48. The Balaban J connectivity index is 1.74. The summed E-state index contributed by atoms with van der Waals surface area (Å²) in [5.74, 6) is 0. The molecule has 3 rings (SSSR count). The van der Waals surface area contributed by atoms with Crippen molar-refractivity contribution in [3.05, 3.63) is 50.4 Å². The first-order valence-electron chi connectivity index (χ1n) is 6.27. The van der Waals surface area contributed by atoms with E-state index in [0.717, 1.165) is 18.7 Å². The standard InChI is InChI=1S/C14H14Cl2N2S/c15-13-5-14(16)17-6-11(13)8-18(12-1-2-12)7-10-3-4-19-9-10/h3-6,9,12H,1-2,7-8H2. The van der Waals surface area contributed by atoms with Gasteiger partial charge in [0.1, 0.15) is 5.15 Å². The van der Waals surface area contributed by atoms with Gasteiger partial charge in [-0.05, 0) is 41.3 Å². The van der Waals surface area contributed by atoms with E-state index in [2.05, 4.69) is 26.7 Å². The van der Waals surface area contributed by atoms with Crippen molar-refractivity contribution in [1.29, 1.82) is 0 Å². The van der Waals surface area contributed by atoms with E-state index in [1.165, 1.54) is 18.4 Å². The van der Waals surface area contributed by atoms with Gasteiger partial charge in [0.2, 0.25) is 0 Å². The fourth-order valence-electron chi connectivity index (χ4n) is 2.14. The zero-order valence-electron chi connectivity index (χ0n) is 10.4. The summed E-state index contributed by atoms with van der Waals surface area (Å²) in [5, 5.41) is 5.48. The Morgan fingerprint density at radius 3 is 2.79 bits per heavy atom. The maximum absolute atomic E-state index is 6.23. The molecular weight excluding hydrogens is 299 g/mol. The molecule has 19 heavy (non-hydrogen) atoms. The van der Waals surface area contributed by atoms with E-state index in [0.29, 0.717) is 16.2 Å². The number of aromatic nitrogens is 1. The second-order valence-electron chi connectivity index (χ2n) is 4.87. The molecule has 0 N–H and O–H groups in total. The lowest BCUT2D eigenvalue weighted by molar-refractivity contribution is 0.246. The Labute approximate surface area is 127 Å². The van der Waals surface area contributed by atoms with Crippen LogP contribution in [-0.2, 0) is 13.1 Å². The molecule has 1 fully saturated rings. The van der Waals surface area contributed by atoms with Crippen LogP contribution in [0.25, 0.3) is 0 Å². The molecule has 0 amide bonds. The molecule has 0 aliphatic heterocycles. The number of halogens is 2. The number of rotatable bonds is 5. The summed E-state index contributed by atoms with van der Waals surface area (Å²) in [4.78, 5) is 6.60. The predicted octanol–water partition coefficient (Wildman–Crippen LogP) is 4.61. The molecule has 1 aliphatic carbocycles. The van der Waals surface area contributed by atoms with Crippen molar-refractivity contribution in [2.45, 2.75) is 32.0 Å². The Hall–Kier alpha value is -0.610. The number of hydrogen-bond donors (Lipinski definition) is 0. The molecular formula is C14H14Cl2N2S. The van der Waals surface area contributed by atoms with Crippen molar-refractivity contribution < 1.29 is 0 Å². The molecule has 2 nitrogen and oxygen atoms in total. The Morgan fingerprint density at radius 2 is 2.16 bits per heavy atom. The average molecular weight is 313 g/mol. The van der Waals surface area contributed by atoms with E-state index in [1.54, 1.807) is 23.6 Å². The van der Waals surface area contributed by atoms with E-state index in [4.69, 9.17) is 23.2 Å². The minimum atomic E-state index is 0.449. The topological polar surface area (TPSA) is 16.1 Å². The van der Waals surface area contributed by atoms with Gasteiger partial charge in [-0.15, -0.1) is 0 Å². The number of nitrogens with zero attached hydrogens (tertiary/aromatic N) is 2. The summed E-state index contributed by atoms with van der Waals surface area (Å²) < 4.78 is 0. The van der Waals surface area contributed by atoms with Gasteiger partial charge in [0, 0.05) is 35.9 Å². The molecule has 1 aliphatic rings. The maximum Gasteiger partial charge on any atom is 0.130 e. The molecule has 0 spiro atoms. The van der Waals surface area contributed by atoms with E-state index < -0.39 is 0 Å². The first kappa shape index (κ1) is 13.4. The number of pyridine rings is 1. The van der Waals surface area contributed by atoms with Gasteiger partial charge < -0.3 is 0 Å². The van der Waals surface area contributed by atoms with Crippen LogP contribution < -0.4 is 0 Å². The smallest absolute Gasteiger partial charge is 0.130 e. The summed E-state index contributed by atoms with van der Waals surface area (Å²) in [6.45, 7) is 1.82. The van der Waals surface area contributed by atoms with Crippen molar-refractivity contribution >= 4 is 34.5 Å². The zero-order valence-corrected chi connectivity index (χ0v) is 12.7. The van der Waals surface area contributed by atoms with Gasteiger partial charge in [0.15, 0.2) is 0 Å². The van der Waals surface area contributed by atoms with E-state index in [-0.39, 0.29) is 0 Å².